The average molecular weight is 388 g/mol. The molecule has 0 spiro atoms. The van der Waals surface area contributed by atoms with Crippen molar-refractivity contribution in [3.8, 4) is 0 Å². The van der Waals surface area contributed by atoms with Gasteiger partial charge in [0.15, 0.2) is 6.20 Å². The van der Waals surface area contributed by atoms with Crippen LogP contribution in [0.4, 0.5) is 0 Å². The molecule has 0 N–H and O–H groups in total. The molecule has 0 saturated carbocycles. The van der Waals surface area contributed by atoms with E-state index in [0.29, 0.717) is 0 Å². The van der Waals surface area contributed by atoms with Crippen LogP contribution in [0.25, 0.3) is 53.8 Å². The summed E-state index contributed by atoms with van der Waals surface area (Å²) in [6, 6.07) is 19.8. The maximum absolute atomic E-state index is 7.66. The molecule has 6 aromatic rings. The van der Waals surface area contributed by atoms with E-state index in [-0.39, 0.29) is 0 Å². The first-order valence-electron chi connectivity index (χ1n) is 10.3. The first-order valence-corrected chi connectivity index (χ1v) is 10.3. The number of nitrogens with zero attached hydrogens (tertiary/aromatic N) is 3. The van der Waals surface area contributed by atoms with Crippen molar-refractivity contribution in [1.82, 2.24) is 4.40 Å². The number of benzene rings is 3. The predicted molar refractivity (Wildman–Crippen MR) is 124 cm³/mol. The molecule has 3 aromatic carbocycles. The van der Waals surface area contributed by atoms with Gasteiger partial charge in [0.25, 0.3) is 5.54 Å². The molecule has 3 heteroatoms. The van der Waals surface area contributed by atoms with Gasteiger partial charge >= 0.3 is 0 Å². The van der Waals surface area contributed by atoms with Crippen molar-refractivity contribution < 1.29 is 4.57 Å². The first kappa shape index (κ1) is 17.2. The van der Waals surface area contributed by atoms with Gasteiger partial charge in [0.1, 0.15) is 12.6 Å². The molecule has 0 aliphatic carbocycles. The highest BCUT2D eigenvalue weighted by Gasteiger charge is 2.28. The molecule has 0 atom stereocenters. The van der Waals surface area contributed by atoms with E-state index < -0.39 is 5.54 Å². The lowest BCUT2D eigenvalue weighted by Gasteiger charge is -2.14. The normalized spacial score (nSPS) is 12.6. The SMILES string of the molecule is [C-]#[N+]C(C)(C)c1ccc2c3cc[n+](C)c4c5c(C)ccc6cccc(c65)n(c2c1)c34. The van der Waals surface area contributed by atoms with Crippen molar-refractivity contribution in [1.29, 1.82) is 0 Å². The lowest BCUT2D eigenvalue weighted by molar-refractivity contribution is -0.644. The summed E-state index contributed by atoms with van der Waals surface area (Å²) in [6.45, 7) is 13.8. The van der Waals surface area contributed by atoms with Crippen LogP contribution in [0.3, 0.4) is 0 Å². The third-order valence-corrected chi connectivity index (χ3v) is 6.74. The highest BCUT2D eigenvalue weighted by atomic mass is 15.0. The quantitative estimate of drug-likeness (QED) is 0.136. The van der Waals surface area contributed by atoms with Gasteiger partial charge in [-0.1, -0.05) is 36.4 Å². The second kappa shape index (κ2) is 5.49. The van der Waals surface area contributed by atoms with Crippen LogP contribution in [-0.4, -0.2) is 4.40 Å². The fourth-order valence-corrected chi connectivity index (χ4v) is 5.09. The van der Waals surface area contributed by atoms with Gasteiger partial charge in [0.2, 0.25) is 5.52 Å². The first-order chi connectivity index (χ1) is 14.4. The van der Waals surface area contributed by atoms with Gasteiger partial charge < -0.3 is 9.25 Å². The third kappa shape index (κ3) is 1.96. The van der Waals surface area contributed by atoms with Crippen molar-refractivity contribution in [2.24, 2.45) is 7.05 Å². The number of pyridine rings is 2. The maximum atomic E-state index is 7.66. The zero-order valence-electron chi connectivity index (χ0n) is 17.6. The highest BCUT2D eigenvalue weighted by Crippen LogP contribution is 2.41. The summed E-state index contributed by atoms with van der Waals surface area (Å²) in [6.07, 6.45) is 2.17. The van der Waals surface area contributed by atoms with Gasteiger partial charge in [-0.25, -0.2) is 6.57 Å². The molecule has 3 aromatic heterocycles. The van der Waals surface area contributed by atoms with E-state index in [1.165, 1.54) is 54.6 Å². The van der Waals surface area contributed by atoms with Gasteiger partial charge in [-0.3, -0.25) is 0 Å². The predicted octanol–water partition coefficient (Wildman–Crippen LogP) is 6.28. The molecule has 3 nitrogen and oxygen atoms in total. The number of aromatic nitrogens is 2. The van der Waals surface area contributed by atoms with Crippen molar-refractivity contribution >= 4 is 49.0 Å². The maximum Gasteiger partial charge on any atom is 0.252 e. The fraction of sp³-hybridized carbons (Fsp3) is 0.185. The Hall–Kier alpha value is -3.64. The Morgan fingerprint density at radius 3 is 2.57 bits per heavy atom. The van der Waals surface area contributed by atoms with Gasteiger partial charge in [0, 0.05) is 41.6 Å². The van der Waals surface area contributed by atoms with E-state index in [4.69, 9.17) is 6.57 Å². The number of rotatable bonds is 1. The summed E-state index contributed by atoms with van der Waals surface area (Å²) >= 11 is 0. The largest absolute Gasteiger partial charge is 0.306 e. The van der Waals surface area contributed by atoms with Gasteiger partial charge in [0.05, 0.1) is 16.4 Å². The highest BCUT2D eigenvalue weighted by molar-refractivity contribution is 6.25. The molecule has 30 heavy (non-hydrogen) atoms. The van der Waals surface area contributed by atoms with Crippen LogP contribution in [0.1, 0.15) is 25.0 Å². The Kier molecular flexibility index (Phi) is 3.15. The van der Waals surface area contributed by atoms with E-state index in [9.17, 15) is 0 Å². The number of hydrogen-bond donors (Lipinski definition) is 0. The second-order valence-electron chi connectivity index (χ2n) is 8.91. The molecule has 0 unspecified atom stereocenters. The van der Waals surface area contributed by atoms with E-state index >= 15 is 0 Å². The van der Waals surface area contributed by atoms with Crippen LogP contribution in [0, 0.1) is 13.5 Å². The summed E-state index contributed by atoms with van der Waals surface area (Å²) in [4.78, 5) is 3.88. The van der Waals surface area contributed by atoms with Crippen molar-refractivity contribution in [3.63, 3.8) is 0 Å². The molecule has 0 saturated heterocycles. The van der Waals surface area contributed by atoms with Crippen LogP contribution >= 0.6 is 0 Å². The lowest BCUT2D eigenvalue weighted by Crippen LogP contribution is -2.28. The van der Waals surface area contributed by atoms with E-state index in [0.717, 1.165) is 5.56 Å². The lowest BCUT2D eigenvalue weighted by atomic mass is 9.94. The van der Waals surface area contributed by atoms with Gasteiger partial charge in [-0.05, 0) is 30.0 Å². The summed E-state index contributed by atoms with van der Waals surface area (Å²) < 4.78 is 4.66. The number of aryl methyl sites for hydroxylation is 2. The Balaban J connectivity index is 2.00. The number of fused-ring (bicyclic) bond motifs is 5. The topological polar surface area (TPSA) is 12.7 Å². The van der Waals surface area contributed by atoms with Crippen LogP contribution < -0.4 is 4.57 Å². The molecule has 0 amide bonds. The van der Waals surface area contributed by atoms with Crippen LogP contribution in [0.2, 0.25) is 0 Å². The molecular weight excluding hydrogens is 366 g/mol. The standard InChI is InChI=1S/C27H22N3/c1-16-9-10-17-7-6-8-21-24(17)23(16)26-25-20(13-14-29(26)5)19-12-11-18(27(2,3)28-4)15-22(19)30(21)25/h6-15H,1-3,5H3/q+1. The summed E-state index contributed by atoms with van der Waals surface area (Å²) in [5.74, 6) is 0. The molecule has 6 rings (SSSR count). The Morgan fingerprint density at radius 2 is 1.77 bits per heavy atom. The Morgan fingerprint density at radius 1 is 0.933 bits per heavy atom. The number of hydrogen-bond acceptors (Lipinski definition) is 0. The minimum atomic E-state index is -0.548. The van der Waals surface area contributed by atoms with Crippen molar-refractivity contribution in [3.05, 3.63) is 83.3 Å². The fourth-order valence-electron chi connectivity index (χ4n) is 5.09. The van der Waals surface area contributed by atoms with Gasteiger partial charge in [-0.2, -0.15) is 4.57 Å². The minimum Gasteiger partial charge on any atom is -0.306 e. The molecule has 0 fully saturated rings. The van der Waals surface area contributed by atoms with Crippen molar-refractivity contribution in [2.45, 2.75) is 26.3 Å². The molecule has 144 valence electrons. The Labute approximate surface area is 174 Å². The average Bonchev–Trinajstić information content (AvgIpc) is 3.08. The summed E-state index contributed by atoms with van der Waals surface area (Å²) in [7, 11) is 2.14. The van der Waals surface area contributed by atoms with Crippen LogP contribution in [0.15, 0.2) is 60.8 Å². The van der Waals surface area contributed by atoms with Crippen LogP contribution in [0.5, 0.6) is 0 Å². The van der Waals surface area contributed by atoms with Crippen LogP contribution in [-0.2, 0) is 12.6 Å². The minimum absolute atomic E-state index is 0.548. The molecule has 3 heterocycles. The summed E-state index contributed by atoms with van der Waals surface area (Å²) in [5.41, 5.74) is 6.71. The molecule has 0 bridgehead atoms. The van der Waals surface area contributed by atoms with E-state index in [2.05, 4.69) is 88.6 Å². The smallest absolute Gasteiger partial charge is 0.252 e. The zero-order chi connectivity index (χ0) is 20.8. The monoisotopic (exact) mass is 388 g/mol. The molecule has 0 aliphatic rings. The van der Waals surface area contributed by atoms with E-state index in [1.54, 1.807) is 0 Å². The summed E-state index contributed by atoms with van der Waals surface area (Å²) in [5, 5.41) is 6.39. The van der Waals surface area contributed by atoms with E-state index in [1.807, 2.05) is 13.8 Å². The molecule has 0 aliphatic heterocycles. The van der Waals surface area contributed by atoms with Gasteiger partial charge in [-0.15, -0.1) is 0 Å². The second-order valence-corrected chi connectivity index (χ2v) is 8.91. The molecular formula is C27H22N3+. The van der Waals surface area contributed by atoms with Crippen molar-refractivity contribution in [2.75, 3.05) is 0 Å². The zero-order valence-corrected chi connectivity index (χ0v) is 17.6. The Bertz CT molecular complexity index is 1690. The molecule has 0 radical (unpaired) electrons. The third-order valence-electron chi connectivity index (χ3n) is 6.74.